The minimum atomic E-state index is -1.50. The van der Waals surface area contributed by atoms with E-state index in [1.54, 1.807) is 18.2 Å². The number of carbonyl (C=O) groups excluding carboxylic acids is 1. The predicted octanol–water partition coefficient (Wildman–Crippen LogP) is 1.00. The van der Waals surface area contributed by atoms with Gasteiger partial charge in [-0.2, -0.15) is 0 Å². The highest BCUT2D eigenvalue weighted by Gasteiger charge is 2.44. The van der Waals surface area contributed by atoms with Crippen LogP contribution >= 0.6 is 0 Å². The average molecular weight is 405 g/mol. The smallest absolute Gasteiger partial charge is 0.484 e. The number of carbonyl (C=O) groups is 1. The van der Waals surface area contributed by atoms with Crippen molar-refractivity contribution in [3.8, 4) is 5.75 Å². The minimum Gasteiger partial charge on any atom is -0.492 e. The largest absolute Gasteiger partial charge is 0.492 e. The van der Waals surface area contributed by atoms with E-state index >= 15 is 0 Å². The van der Waals surface area contributed by atoms with Crippen LogP contribution in [-0.4, -0.2) is 53.4 Å². The van der Waals surface area contributed by atoms with Crippen LogP contribution in [-0.2, 0) is 16.8 Å². The highest BCUT2D eigenvalue weighted by atomic mass is 16.5. The Morgan fingerprint density at radius 1 is 1.27 bits per heavy atom. The lowest BCUT2D eigenvalue weighted by molar-refractivity contribution is -0.128. The molecule has 4 aliphatic rings. The summed E-state index contributed by atoms with van der Waals surface area (Å²) < 4.78 is 5.95. The molecule has 4 N–H and O–H groups in total. The van der Waals surface area contributed by atoms with Crippen LogP contribution in [0.4, 0.5) is 0 Å². The molecule has 1 saturated heterocycles. The van der Waals surface area contributed by atoms with Gasteiger partial charge in [0.15, 0.2) is 0 Å². The van der Waals surface area contributed by atoms with Gasteiger partial charge in [-0.05, 0) is 41.6 Å². The van der Waals surface area contributed by atoms with Gasteiger partial charge in [0, 0.05) is 37.0 Å². The third kappa shape index (κ3) is 3.12. The van der Waals surface area contributed by atoms with Gasteiger partial charge in [0.1, 0.15) is 11.4 Å². The number of aliphatic imine (C=N–C) groups is 1. The zero-order chi connectivity index (χ0) is 20.9. The summed E-state index contributed by atoms with van der Waals surface area (Å²) in [6.07, 6.45) is 7.28. The second kappa shape index (κ2) is 7.23. The third-order valence-electron chi connectivity index (χ3n) is 6.64. The van der Waals surface area contributed by atoms with Crippen molar-refractivity contribution >= 4 is 18.7 Å². The number of ether oxygens (including phenoxy) is 1. The Bertz CT molecular complexity index is 1030. The number of fused-ring (bicyclic) bond motifs is 3. The van der Waals surface area contributed by atoms with Gasteiger partial charge in [-0.3, -0.25) is 4.79 Å². The van der Waals surface area contributed by atoms with Crippen molar-refractivity contribution in [1.29, 1.82) is 0 Å². The van der Waals surface area contributed by atoms with Crippen molar-refractivity contribution in [1.82, 2.24) is 4.90 Å². The molecule has 1 aromatic carbocycles. The van der Waals surface area contributed by atoms with Crippen LogP contribution in [0.5, 0.6) is 5.75 Å². The van der Waals surface area contributed by atoms with E-state index in [0.29, 0.717) is 49.5 Å². The van der Waals surface area contributed by atoms with Crippen LogP contribution in [0.15, 0.2) is 58.2 Å². The average Bonchev–Trinajstić information content (AvgIpc) is 3.35. The van der Waals surface area contributed by atoms with Crippen LogP contribution < -0.4 is 10.5 Å². The van der Waals surface area contributed by atoms with Gasteiger partial charge in [-0.25, -0.2) is 4.99 Å². The molecule has 0 unspecified atom stereocenters. The maximum Gasteiger partial charge on any atom is 0.484 e. The normalized spacial score (nSPS) is 21.2. The molecule has 5 rings (SSSR count). The molecule has 1 aromatic rings. The Morgan fingerprint density at radius 2 is 2.07 bits per heavy atom. The van der Waals surface area contributed by atoms with E-state index in [9.17, 15) is 14.8 Å². The monoisotopic (exact) mass is 405 g/mol. The van der Waals surface area contributed by atoms with E-state index in [4.69, 9.17) is 10.5 Å². The summed E-state index contributed by atoms with van der Waals surface area (Å²) in [6.45, 7) is 2.44. The van der Waals surface area contributed by atoms with Crippen molar-refractivity contribution in [2.45, 2.75) is 31.2 Å². The topological polar surface area (TPSA) is 108 Å². The van der Waals surface area contributed by atoms with Gasteiger partial charge in [0.05, 0.1) is 12.3 Å². The number of likely N-dealkylation sites (tertiary alicyclic amines) is 1. The molecule has 1 aliphatic carbocycles. The number of amides is 1. The van der Waals surface area contributed by atoms with Crippen LogP contribution in [0, 0.1) is 0 Å². The van der Waals surface area contributed by atoms with Crippen LogP contribution in [0.25, 0.3) is 0 Å². The molecule has 0 aromatic heterocycles. The minimum absolute atomic E-state index is 0.0557. The SMILES string of the molecule is NCc1ccc2c(c1)C1(CCN(C(=O)C3=CC4=CC=C(B(O)O)CC4=N3)CC1)CO2. The van der Waals surface area contributed by atoms with Crippen molar-refractivity contribution in [2.24, 2.45) is 10.7 Å². The fourth-order valence-electron chi connectivity index (χ4n) is 4.75. The van der Waals surface area contributed by atoms with Gasteiger partial charge >= 0.3 is 7.12 Å². The molecule has 1 amide bonds. The van der Waals surface area contributed by atoms with Gasteiger partial charge in [-0.15, -0.1) is 0 Å². The quantitative estimate of drug-likeness (QED) is 0.651. The summed E-state index contributed by atoms with van der Waals surface area (Å²) in [7, 11) is -1.50. The van der Waals surface area contributed by atoms with Gasteiger partial charge < -0.3 is 25.4 Å². The summed E-state index contributed by atoms with van der Waals surface area (Å²) in [5.41, 5.74) is 10.6. The van der Waals surface area contributed by atoms with Crippen molar-refractivity contribution in [3.63, 3.8) is 0 Å². The molecule has 0 bridgehead atoms. The fraction of sp³-hybridized carbons (Fsp3) is 0.364. The lowest BCUT2D eigenvalue weighted by Crippen LogP contribution is -2.46. The molecule has 3 aliphatic heterocycles. The summed E-state index contributed by atoms with van der Waals surface area (Å²) in [5, 5.41) is 18.7. The zero-order valence-electron chi connectivity index (χ0n) is 16.7. The fourth-order valence-corrected chi connectivity index (χ4v) is 4.75. The standard InChI is InChI=1S/C22H24BN3O4/c24-12-14-1-4-20-17(9-14)22(13-30-20)5-7-26(8-6-22)21(27)19-10-15-2-3-16(23(28)29)11-18(15)25-19/h1-4,9-10,28-29H,5-8,11-13,24H2. The maximum absolute atomic E-state index is 13.1. The summed E-state index contributed by atoms with van der Waals surface area (Å²) in [4.78, 5) is 19.4. The summed E-state index contributed by atoms with van der Waals surface area (Å²) in [5.74, 6) is 0.857. The van der Waals surface area contributed by atoms with Gasteiger partial charge in [0.25, 0.3) is 5.91 Å². The highest BCUT2D eigenvalue weighted by molar-refractivity contribution is 6.52. The van der Waals surface area contributed by atoms with E-state index < -0.39 is 7.12 Å². The molecule has 0 atom stereocenters. The number of hydrogen-bond donors (Lipinski definition) is 3. The number of nitrogens with zero attached hydrogens (tertiary/aromatic N) is 2. The Hall–Kier alpha value is -2.68. The van der Waals surface area contributed by atoms with Crippen LogP contribution in [0.3, 0.4) is 0 Å². The first-order valence-electron chi connectivity index (χ1n) is 10.3. The van der Waals surface area contributed by atoms with Gasteiger partial charge in [0.2, 0.25) is 0 Å². The second-order valence-electron chi connectivity index (χ2n) is 8.40. The number of allylic oxidation sites excluding steroid dienone is 5. The van der Waals surface area contributed by atoms with E-state index in [1.165, 1.54) is 5.56 Å². The third-order valence-corrected chi connectivity index (χ3v) is 6.64. The van der Waals surface area contributed by atoms with E-state index in [0.717, 1.165) is 29.7 Å². The Labute approximate surface area is 175 Å². The number of piperidine rings is 1. The first-order chi connectivity index (χ1) is 14.5. The Morgan fingerprint density at radius 3 is 2.80 bits per heavy atom. The van der Waals surface area contributed by atoms with Crippen LogP contribution in [0.2, 0.25) is 0 Å². The van der Waals surface area contributed by atoms with Crippen molar-refractivity contribution in [2.75, 3.05) is 19.7 Å². The maximum atomic E-state index is 13.1. The number of nitrogens with two attached hydrogens (primary N) is 1. The molecule has 1 spiro atoms. The van der Waals surface area contributed by atoms with Crippen molar-refractivity contribution in [3.05, 3.63) is 64.3 Å². The molecule has 3 heterocycles. The molecule has 0 saturated carbocycles. The van der Waals surface area contributed by atoms with E-state index in [-0.39, 0.29) is 11.3 Å². The molecular weight excluding hydrogens is 381 g/mol. The summed E-state index contributed by atoms with van der Waals surface area (Å²) >= 11 is 0. The zero-order valence-corrected chi connectivity index (χ0v) is 16.7. The first-order valence-corrected chi connectivity index (χ1v) is 10.3. The van der Waals surface area contributed by atoms with Crippen molar-refractivity contribution < 1.29 is 19.6 Å². The number of benzene rings is 1. The molecular formula is C22H24BN3O4. The lowest BCUT2D eigenvalue weighted by Gasteiger charge is -2.38. The molecule has 154 valence electrons. The summed E-state index contributed by atoms with van der Waals surface area (Å²) in [6, 6.07) is 6.17. The molecule has 1 fully saturated rings. The molecule has 30 heavy (non-hydrogen) atoms. The molecule has 7 nitrogen and oxygen atoms in total. The lowest BCUT2D eigenvalue weighted by atomic mass is 9.73. The first kappa shape index (κ1) is 19.3. The molecule has 8 heteroatoms. The highest BCUT2D eigenvalue weighted by Crippen LogP contribution is 2.46. The Kier molecular flexibility index (Phi) is 4.65. The van der Waals surface area contributed by atoms with E-state index in [1.807, 2.05) is 17.0 Å². The number of hydrogen-bond acceptors (Lipinski definition) is 6. The van der Waals surface area contributed by atoms with Crippen LogP contribution in [0.1, 0.15) is 30.4 Å². The molecule has 0 radical (unpaired) electrons. The van der Waals surface area contributed by atoms with Gasteiger partial charge in [-0.1, -0.05) is 24.3 Å². The number of rotatable bonds is 3. The second-order valence-corrected chi connectivity index (χ2v) is 8.40. The Balaban J connectivity index is 1.29. The van der Waals surface area contributed by atoms with E-state index in [2.05, 4.69) is 11.1 Å². The predicted molar refractivity (Wildman–Crippen MR) is 114 cm³/mol.